The molecule has 0 aliphatic carbocycles. The Morgan fingerprint density at radius 2 is 1.03 bits per heavy atom. The molecule has 0 heterocycles. The van der Waals surface area contributed by atoms with E-state index in [2.05, 4.69) is 10.6 Å². The van der Waals surface area contributed by atoms with E-state index in [1.54, 1.807) is 12.1 Å². The van der Waals surface area contributed by atoms with Crippen molar-refractivity contribution < 1.29 is 9.59 Å². The van der Waals surface area contributed by atoms with Gasteiger partial charge in [-0.1, -0.05) is 59.7 Å². The van der Waals surface area contributed by atoms with E-state index in [-0.39, 0.29) is 11.8 Å². The molecule has 0 saturated carbocycles. The fourth-order valence-electron chi connectivity index (χ4n) is 3.51. The van der Waals surface area contributed by atoms with E-state index in [9.17, 15) is 9.59 Å². The Balaban J connectivity index is 1.70. The molecule has 2 N–H and O–H groups in total. The van der Waals surface area contributed by atoms with Gasteiger partial charge in [0.25, 0.3) is 11.8 Å². The fourth-order valence-corrected chi connectivity index (χ4v) is 3.51. The van der Waals surface area contributed by atoms with Crippen LogP contribution in [0.25, 0.3) is 10.8 Å². The summed E-state index contributed by atoms with van der Waals surface area (Å²) in [5, 5.41) is 7.72. The minimum atomic E-state index is -0.189. The van der Waals surface area contributed by atoms with Crippen molar-refractivity contribution in [3.63, 3.8) is 0 Å². The van der Waals surface area contributed by atoms with Gasteiger partial charge in [-0.2, -0.15) is 0 Å². The van der Waals surface area contributed by atoms with Gasteiger partial charge in [-0.15, -0.1) is 0 Å². The number of fused-ring (bicyclic) bond motifs is 1. The molecule has 30 heavy (non-hydrogen) atoms. The van der Waals surface area contributed by atoms with Crippen LogP contribution in [0.15, 0.2) is 84.9 Å². The first-order valence-corrected chi connectivity index (χ1v) is 9.79. The fraction of sp³-hybridized carbons (Fsp3) is 0.0769. The topological polar surface area (TPSA) is 58.2 Å². The highest BCUT2D eigenvalue weighted by Crippen LogP contribution is 2.31. The van der Waals surface area contributed by atoms with Gasteiger partial charge in [0.15, 0.2) is 0 Å². The smallest absolute Gasteiger partial charge is 0.255 e. The van der Waals surface area contributed by atoms with Crippen LogP contribution in [0.4, 0.5) is 11.4 Å². The summed E-state index contributed by atoms with van der Waals surface area (Å²) in [6, 6.07) is 26.3. The Morgan fingerprint density at radius 1 is 0.600 bits per heavy atom. The lowest BCUT2D eigenvalue weighted by molar-refractivity contribution is 0.101. The van der Waals surface area contributed by atoms with Crippen LogP contribution < -0.4 is 10.6 Å². The predicted molar refractivity (Wildman–Crippen MR) is 122 cm³/mol. The van der Waals surface area contributed by atoms with Crippen LogP contribution >= 0.6 is 0 Å². The maximum atomic E-state index is 12.8. The number of benzene rings is 4. The van der Waals surface area contributed by atoms with Crippen molar-refractivity contribution in [1.82, 2.24) is 0 Å². The summed E-state index contributed by atoms with van der Waals surface area (Å²) in [5.41, 5.74) is 4.53. The second-order valence-electron chi connectivity index (χ2n) is 7.36. The summed E-state index contributed by atoms with van der Waals surface area (Å²) in [5.74, 6) is -0.378. The second-order valence-corrected chi connectivity index (χ2v) is 7.36. The van der Waals surface area contributed by atoms with Crippen LogP contribution in [-0.2, 0) is 0 Å². The highest BCUT2D eigenvalue weighted by molar-refractivity contribution is 6.15. The standard InChI is InChI=1S/C26H22N2O2/c1-17-7-3-11-20(15-17)25(29)27-22-13-5-9-19-10-6-14-23(24(19)22)28-26(30)21-12-4-8-18(2)16-21/h3-16H,1-2H3,(H,27,29)(H,28,30). The molecule has 2 amide bonds. The summed E-state index contributed by atoms with van der Waals surface area (Å²) < 4.78 is 0. The average Bonchev–Trinajstić information content (AvgIpc) is 2.74. The highest BCUT2D eigenvalue weighted by Gasteiger charge is 2.13. The van der Waals surface area contributed by atoms with Crippen molar-refractivity contribution in [3.8, 4) is 0 Å². The quantitative estimate of drug-likeness (QED) is 0.449. The van der Waals surface area contributed by atoms with Crippen molar-refractivity contribution in [2.75, 3.05) is 10.6 Å². The molecule has 4 aromatic carbocycles. The monoisotopic (exact) mass is 394 g/mol. The summed E-state index contributed by atoms with van der Waals surface area (Å²) >= 11 is 0. The number of rotatable bonds is 4. The van der Waals surface area contributed by atoms with Gasteiger partial charge in [-0.05, 0) is 55.6 Å². The van der Waals surface area contributed by atoms with Crippen molar-refractivity contribution in [1.29, 1.82) is 0 Å². The molecule has 0 spiro atoms. The largest absolute Gasteiger partial charge is 0.321 e. The van der Waals surface area contributed by atoms with Gasteiger partial charge in [0.05, 0.1) is 11.4 Å². The molecule has 0 aliphatic rings. The van der Waals surface area contributed by atoms with Gasteiger partial charge in [-0.3, -0.25) is 9.59 Å². The van der Waals surface area contributed by atoms with Gasteiger partial charge in [0.2, 0.25) is 0 Å². The van der Waals surface area contributed by atoms with Gasteiger partial charge < -0.3 is 10.6 Å². The van der Waals surface area contributed by atoms with E-state index in [4.69, 9.17) is 0 Å². The number of aryl methyl sites for hydroxylation is 2. The summed E-state index contributed by atoms with van der Waals surface area (Å²) in [4.78, 5) is 25.6. The third kappa shape index (κ3) is 4.08. The molecule has 4 aromatic rings. The van der Waals surface area contributed by atoms with Crippen molar-refractivity contribution in [3.05, 3.63) is 107 Å². The molecule has 0 bridgehead atoms. The van der Waals surface area contributed by atoms with Crippen LogP contribution in [0, 0.1) is 13.8 Å². The van der Waals surface area contributed by atoms with E-state index in [1.165, 1.54) is 0 Å². The SMILES string of the molecule is Cc1cccc(C(=O)Nc2cccc3cccc(NC(=O)c4cccc(C)c4)c23)c1. The van der Waals surface area contributed by atoms with Crippen molar-refractivity contribution >= 4 is 34.0 Å². The molecule has 0 radical (unpaired) electrons. The predicted octanol–water partition coefficient (Wildman–Crippen LogP) is 5.96. The number of carbonyl (C=O) groups is 2. The normalized spacial score (nSPS) is 10.6. The maximum Gasteiger partial charge on any atom is 0.255 e. The Hall–Kier alpha value is -3.92. The van der Waals surface area contributed by atoms with Crippen LogP contribution in [0.5, 0.6) is 0 Å². The summed E-state index contributed by atoms with van der Waals surface area (Å²) in [6.07, 6.45) is 0. The number of nitrogens with one attached hydrogen (secondary N) is 2. The van der Waals surface area contributed by atoms with Gasteiger partial charge >= 0.3 is 0 Å². The molecule has 0 saturated heterocycles. The van der Waals surface area contributed by atoms with Crippen LogP contribution in [-0.4, -0.2) is 11.8 Å². The lowest BCUT2D eigenvalue weighted by Gasteiger charge is -2.14. The Bertz CT molecular complexity index is 1170. The molecule has 4 rings (SSSR count). The molecular formula is C26H22N2O2. The zero-order valence-corrected chi connectivity index (χ0v) is 16.9. The minimum absolute atomic E-state index is 0.189. The lowest BCUT2D eigenvalue weighted by Crippen LogP contribution is -2.14. The number of carbonyl (C=O) groups excluding carboxylic acids is 2. The Labute approximate surface area is 175 Å². The molecule has 0 unspecified atom stereocenters. The molecule has 0 fully saturated rings. The van der Waals surface area contributed by atoms with Crippen molar-refractivity contribution in [2.24, 2.45) is 0 Å². The van der Waals surface area contributed by atoms with E-state index >= 15 is 0 Å². The lowest BCUT2D eigenvalue weighted by atomic mass is 10.0. The molecule has 0 atom stereocenters. The first-order chi connectivity index (χ1) is 14.5. The molecule has 4 heteroatoms. The highest BCUT2D eigenvalue weighted by atomic mass is 16.2. The van der Waals surface area contributed by atoms with Crippen LogP contribution in [0.1, 0.15) is 31.8 Å². The zero-order chi connectivity index (χ0) is 21.1. The van der Waals surface area contributed by atoms with E-state index in [1.807, 2.05) is 86.6 Å². The van der Waals surface area contributed by atoms with Gasteiger partial charge in [-0.25, -0.2) is 0 Å². The first kappa shape index (κ1) is 19.4. The van der Waals surface area contributed by atoms with E-state index in [0.29, 0.717) is 22.5 Å². The van der Waals surface area contributed by atoms with Crippen LogP contribution in [0.2, 0.25) is 0 Å². The molecular weight excluding hydrogens is 372 g/mol. The number of hydrogen-bond acceptors (Lipinski definition) is 2. The van der Waals surface area contributed by atoms with Gasteiger partial charge in [0.1, 0.15) is 0 Å². The summed E-state index contributed by atoms with van der Waals surface area (Å²) in [6.45, 7) is 3.90. The average molecular weight is 394 g/mol. The third-order valence-electron chi connectivity index (χ3n) is 4.96. The Morgan fingerprint density at radius 3 is 1.47 bits per heavy atom. The van der Waals surface area contributed by atoms with Crippen molar-refractivity contribution in [2.45, 2.75) is 13.8 Å². The number of amides is 2. The number of anilines is 2. The molecule has 148 valence electrons. The van der Waals surface area contributed by atoms with Gasteiger partial charge in [0, 0.05) is 16.5 Å². The maximum absolute atomic E-state index is 12.8. The summed E-state index contributed by atoms with van der Waals surface area (Å²) in [7, 11) is 0. The number of hydrogen-bond donors (Lipinski definition) is 2. The Kier molecular flexibility index (Phi) is 5.31. The molecule has 4 nitrogen and oxygen atoms in total. The second kappa shape index (κ2) is 8.21. The van der Waals surface area contributed by atoms with E-state index in [0.717, 1.165) is 21.9 Å². The minimum Gasteiger partial charge on any atom is -0.321 e. The van der Waals surface area contributed by atoms with Crippen LogP contribution in [0.3, 0.4) is 0 Å². The first-order valence-electron chi connectivity index (χ1n) is 9.79. The third-order valence-corrected chi connectivity index (χ3v) is 4.96. The van der Waals surface area contributed by atoms with E-state index < -0.39 is 0 Å². The zero-order valence-electron chi connectivity index (χ0n) is 16.9. The molecule has 0 aliphatic heterocycles. The molecule has 0 aromatic heterocycles.